The minimum atomic E-state index is 0.681. The number of thiazole rings is 1. The first-order valence-corrected chi connectivity index (χ1v) is 4.82. The van der Waals surface area contributed by atoms with Crippen LogP contribution in [0.25, 0.3) is 0 Å². The van der Waals surface area contributed by atoms with E-state index in [0.29, 0.717) is 5.92 Å². The molecule has 0 aliphatic heterocycles. The van der Waals surface area contributed by atoms with E-state index >= 15 is 0 Å². The third kappa shape index (κ3) is 1.13. The van der Waals surface area contributed by atoms with Crippen LogP contribution in [0.1, 0.15) is 35.9 Å². The largest absolute Gasteiger partial charge is 0.389 e. The van der Waals surface area contributed by atoms with Crippen LogP contribution < -0.4 is 5.73 Å². The van der Waals surface area contributed by atoms with Gasteiger partial charge in [-0.05, 0) is 19.8 Å². The van der Waals surface area contributed by atoms with E-state index in [1.165, 1.54) is 25.0 Å². The molecule has 1 aromatic rings. The Morgan fingerprint density at radius 2 is 2.27 bits per heavy atom. The monoisotopic (exact) mass is 168 g/mol. The second-order valence-electron chi connectivity index (χ2n) is 3.11. The fourth-order valence-electron chi connectivity index (χ4n) is 1.43. The summed E-state index contributed by atoms with van der Waals surface area (Å²) >= 11 is 1.61. The maximum atomic E-state index is 5.81. The number of anilines is 1. The molecule has 0 radical (unpaired) electrons. The molecule has 11 heavy (non-hydrogen) atoms. The zero-order valence-electron chi connectivity index (χ0n) is 6.63. The third-order valence-corrected chi connectivity index (χ3v) is 3.10. The zero-order valence-corrected chi connectivity index (χ0v) is 7.45. The summed E-state index contributed by atoms with van der Waals surface area (Å²) in [5, 5.41) is 2.04. The number of hydrogen-bond acceptors (Lipinski definition) is 3. The Morgan fingerprint density at radius 3 is 2.64 bits per heavy atom. The molecule has 0 atom stereocenters. The van der Waals surface area contributed by atoms with Crippen LogP contribution >= 0.6 is 11.3 Å². The molecule has 1 heterocycles. The summed E-state index contributed by atoms with van der Waals surface area (Å²) in [4.78, 5) is 4.43. The molecule has 1 fully saturated rings. The van der Waals surface area contributed by atoms with E-state index in [9.17, 15) is 0 Å². The van der Waals surface area contributed by atoms with Gasteiger partial charge in [-0.25, -0.2) is 4.98 Å². The van der Waals surface area contributed by atoms with Crippen molar-refractivity contribution in [2.45, 2.75) is 32.1 Å². The molecule has 1 aliphatic carbocycles. The van der Waals surface area contributed by atoms with Crippen LogP contribution in [-0.4, -0.2) is 4.98 Å². The number of nitrogens with two attached hydrogens (primary N) is 1. The van der Waals surface area contributed by atoms with Gasteiger partial charge in [0.25, 0.3) is 0 Å². The minimum absolute atomic E-state index is 0.681. The summed E-state index contributed by atoms with van der Waals surface area (Å²) in [6, 6.07) is 0. The quantitative estimate of drug-likeness (QED) is 0.698. The zero-order chi connectivity index (χ0) is 7.84. The lowest BCUT2D eigenvalue weighted by molar-refractivity contribution is 0.413. The van der Waals surface area contributed by atoms with E-state index in [2.05, 4.69) is 4.98 Å². The van der Waals surface area contributed by atoms with E-state index in [0.717, 1.165) is 10.0 Å². The Kier molecular flexibility index (Phi) is 1.60. The van der Waals surface area contributed by atoms with Crippen molar-refractivity contribution in [2.75, 3.05) is 5.73 Å². The van der Waals surface area contributed by atoms with Crippen molar-refractivity contribution in [2.24, 2.45) is 0 Å². The first-order chi connectivity index (χ1) is 5.27. The van der Waals surface area contributed by atoms with E-state index in [1.54, 1.807) is 11.3 Å². The van der Waals surface area contributed by atoms with Crippen LogP contribution in [0.15, 0.2) is 0 Å². The van der Waals surface area contributed by atoms with Crippen LogP contribution in [-0.2, 0) is 0 Å². The number of nitrogen functional groups attached to an aromatic ring is 1. The summed E-state index contributed by atoms with van der Waals surface area (Å²) < 4.78 is 0. The molecule has 0 amide bonds. The van der Waals surface area contributed by atoms with Gasteiger partial charge in [0.05, 0.1) is 10.7 Å². The molecular formula is C8H12N2S. The Hall–Kier alpha value is -0.570. The average molecular weight is 168 g/mol. The molecule has 0 spiro atoms. The Morgan fingerprint density at radius 1 is 1.55 bits per heavy atom. The van der Waals surface area contributed by atoms with Gasteiger partial charge in [0.1, 0.15) is 5.00 Å². The summed E-state index contributed by atoms with van der Waals surface area (Å²) in [6.45, 7) is 2.02. The minimum Gasteiger partial charge on any atom is -0.389 e. The van der Waals surface area contributed by atoms with Crippen molar-refractivity contribution >= 4 is 16.3 Å². The number of aromatic nitrogens is 1. The highest BCUT2D eigenvalue weighted by Crippen LogP contribution is 2.40. The molecule has 60 valence electrons. The number of hydrogen-bond donors (Lipinski definition) is 1. The Labute approximate surface area is 70.5 Å². The molecule has 0 bridgehead atoms. The van der Waals surface area contributed by atoms with Crippen molar-refractivity contribution in [3.05, 3.63) is 10.7 Å². The van der Waals surface area contributed by atoms with Crippen LogP contribution in [0, 0.1) is 6.92 Å². The standard InChI is InChI=1S/C8H12N2S/c1-5-10-7(8(9)11-5)6-3-2-4-6/h6H,2-4,9H2,1H3. The molecule has 3 heteroatoms. The topological polar surface area (TPSA) is 38.9 Å². The smallest absolute Gasteiger partial charge is 0.110 e. The normalized spacial score (nSPS) is 18.3. The predicted molar refractivity (Wildman–Crippen MR) is 47.9 cm³/mol. The molecule has 0 aromatic carbocycles. The lowest BCUT2D eigenvalue weighted by atomic mass is 9.83. The highest BCUT2D eigenvalue weighted by atomic mass is 32.1. The van der Waals surface area contributed by atoms with Crippen LogP contribution in [0.3, 0.4) is 0 Å². The second kappa shape index (κ2) is 2.48. The molecule has 1 saturated carbocycles. The van der Waals surface area contributed by atoms with Crippen molar-refractivity contribution in [3.63, 3.8) is 0 Å². The number of rotatable bonds is 1. The van der Waals surface area contributed by atoms with Crippen LogP contribution in [0.4, 0.5) is 5.00 Å². The maximum absolute atomic E-state index is 5.81. The summed E-state index contributed by atoms with van der Waals surface area (Å²) in [5.74, 6) is 0.681. The lowest BCUT2D eigenvalue weighted by Crippen LogP contribution is -2.10. The predicted octanol–water partition coefficient (Wildman–Crippen LogP) is 2.30. The molecule has 0 unspecified atom stereocenters. The van der Waals surface area contributed by atoms with Gasteiger partial charge in [-0.1, -0.05) is 6.42 Å². The molecule has 2 nitrogen and oxygen atoms in total. The van der Waals surface area contributed by atoms with Gasteiger partial charge < -0.3 is 5.73 Å². The van der Waals surface area contributed by atoms with Gasteiger partial charge >= 0.3 is 0 Å². The fourth-order valence-corrected chi connectivity index (χ4v) is 2.21. The first-order valence-electron chi connectivity index (χ1n) is 4.00. The highest BCUT2D eigenvalue weighted by Gasteiger charge is 2.24. The molecule has 2 N–H and O–H groups in total. The highest BCUT2D eigenvalue weighted by molar-refractivity contribution is 7.15. The van der Waals surface area contributed by atoms with Crippen molar-refractivity contribution < 1.29 is 0 Å². The van der Waals surface area contributed by atoms with Crippen molar-refractivity contribution in [1.82, 2.24) is 4.98 Å². The van der Waals surface area contributed by atoms with Gasteiger partial charge in [0, 0.05) is 5.92 Å². The summed E-state index contributed by atoms with van der Waals surface area (Å²) in [6.07, 6.45) is 3.92. The van der Waals surface area contributed by atoms with Gasteiger partial charge in [-0.2, -0.15) is 0 Å². The number of nitrogens with zero attached hydrogens (tertiary/aromatic N) is 1. The van der Waals surface area contributed by atoms with Gasteiger partial charge in [-0.15, -0.1) is 11.3 Å². The summed E-state index contributed by atoms with van der Waals surface area (Å²) in [7, 11) is 0. The molecule has 1 aromatic heterocycles. The number of aryl methyl sites for hydroxylation is 1. The van der Waals surface area contributed by atoms with Crippen molar-refractivity contribution in [3.8, 4) is 0 Å². The molecule has 0 saturated heterocycles. The second-order valence-corrected chi connectivity index (χ2v) is 4.34. The van der Waals surface area contributed by atoms with Gasteiger partial charge in [0.2, 0.25) is 0 Å². The maximum Gasteiger partial charge on any atom is 0.110 e. The Balaban J connectivity index is 2.28. The fraction of sp³-hybridized carbons (Fsp3) is 0.625. The van der Waals surface area contributed by atoms with Crippen molar-refractivity contribution in [1.29, 1.82) is 0 Å². The van der Waals surface area contributed by atoms with Gasteiger partial charge in [-0.3, -0.25) is 0 Å². The third-order valence-electron chi connectivity index (χ3n) is 2.28. The summed E-state index contributed by atoms with van der Waals surface area (Å²) in [5.41, 5.74) is 6.97. The Bertz CT molecular complexity index is 263. The first kappa shape index (κ1) is 7.10. The SMILES string of the molecule is Cc1nc(C2CCC2)c(N)s1. The van der Waals surface area contributed by atoms with E-state index in [-0.39, 0.29) is 0 Å². The van der Waals surface area contributed by atoms with E-state index < -0.39 is 0 Å². The van der Waals surface area contributed by atoms with E-state index in [1.807, 2.05) is 6.92 Å². The van der Waals surface area contributed by atoms with Crippen LogP contribution in [0.5, 0.6) is 0 Å². The molecule has 2 rings (SSSR count). The molecule has 1 aliphatic rings. The molecular weight excluding hydrogens is 156 g/mol. The lowest BCUT2D eigenvalue weighted by Gasteiger charge is -2.23. The van der Waals surface area contributed by atoms with Gasteiger partial charge in [0.15, 0.2) is 0 Å². The average Bonchev–Trinajstić information content (AvgIpc) is 2.07. The van der Waals surface area contributed by atoms with E-state index in [4.69, 9.17) is 5.73 Å². The van der Waals surface area contributed by atoms with Crippen LogP contribution in [0.2, 0.25) is 0 Å².